The monoisotopic (exact) mass is 400 g/mol. The van der Waals surface area contributed by atoms with Crippen molar-refractivity contribution in [2.45, 2.75) is 77.6 Å². The quantitative estimate of drug-likeness (QED) is 0.740. The van der Waals surface area contributed by atoms with Gasteiger partial charge in [-0.3, -0.25) is 9.59 Å². The van der Waals surface area contributed by atoms with Gasteiger partial charge in [-0.2, -0.15) is 0 Å². The first-order valence-corrected chi connectivity index (χ1v) is 10.1. The Hall–Kier alpha value is -1.86. The average Bonchev–Trinajstić information content (AvgIpc) is 3.03. The molecule has 1 aliphatic carbocycles. The molecule has 0 aromatic rings. The van der Waals surface area contributed by atoms with Crippen molar-refractivity contribution in [2.24, 2.45) is 17.8 Å². The number of hydrogen-bond donors (Lipinski definition) is 2. The third kappa shape index (κ3) is 6.07. The molecule has 2 amide bonds. The van der Waals surface area contributed by atoms with Crippen molar-refractivity contribution < 1.29 is 28.6 Å². The molecule has 1 aliphatic heterocycles. The minimum absolute atomic E-state index is 0.0454. The third-order valence-electron chi connectivity index (χ3n) is 5.77. The van der Waals surface area contributed by atoms with Gasteiger partial charge in [-0.25, -0.2) is 9.18 Å². The summed E-state index contributed by atoms with van der Waals surface area (Å²) in [6.45, 7) is 7.51. The van der Waals surface area contributed by atoms with Crippen molar-refractivity contribution in [3.05, 3.63) is 0 Å². The van der Waals surface area contributed by atoms with E-state index in [1.807, 2.05) is 6.92 Å². The first-order chi connectivity index (χ1) is 13.0. The van der Waals surface area contributed by atoms with Crippen LogP contribution in [0.15, 0.2) is 0 Å². The third-order valence-corrected chi connectivity index (χ3v) is 5.77. The van der Waals surface area contributed by atoms with Gasteiger partial charge in [0.05, 0.1) is 12.5 Å². The minimum Gasteiger partial charge on any atom is -0.481 e. The summed E-state index contributed by atoms with van der Waals surface area (Å²) in [5.74, 6) is -1.51. The maximum Gasteiger partial charge on any atom is 0.408 e. The molecule has 0 bridgehead atoms. The normalized spacial score (nSPS) is 27.8. The van der Waals surface area contributed by atoms with E-state index in [1.165, 1.54) is 4.90 Å². The van der Waals surface area contributed by atoms with Crippen molar-refractivity contribution >= 4 is 18.0 Å². The highest BCUT2D eigenvalue weighted by atomic mass is 19.1. The molecule has 8 heteroatoms. The van der Waals surface area contributed by atoms with Crippen LogP contribution in [0.4, 0.5) is 9.18 Å². The summed E-state index contributed by atoms with van der Waals surface area (Å²) in [6.07, 6.45) is 1.10. The lowest BCUT2D eigenvalue weighted by Crippen LogP contribution is -2.54. The van der Waals surface area contributed by atoms with Crippen LogP contribution >= 0.6 is 0 Å². The molecule has 160 valence electrons. The summed E-state index contributed by atoms with van der Waals surface area (Å²) < 4.78 is 18.9. The number of likely N-dealkylation sites (tertiary alicyclic amines) is 1. The Balaban J connectivity index is 2.09. The molecule has 2 aliphatic rings. The molecule has 2 fully saturated rings. The van der Waals surface area contributed by atoms with Gasteiger partial charge >= 0.3 is 12.1 Å². The number of rotatable bonds is 5. The Labute approximate surface area is 166 Å². The predicted octanol–water partition coefficient (Wildman–Crippen LogP) is 2.98. The predicted molar refractivity (Wildman–Crippen MR) is 101 cm³/mol. The second kappa shape index (κ2) is 9.09. The van der Waals surface area contributed by atoms with Gasteiger partial charge < -0.3 is 20.1 Å². The Bertz CT molecular complexity index is 584. The van der Waals surface area contributed by atoms with E-state index in [-0.39, 0.29) is 30.2 Å². The molecule has 1 saturated heterocycles. The highest BCUT2D eigenvalue weighted by Gasteiger charge is 2.39. The fourth-order valence-corrected chi connectivity index (χ4v) is 4.13. The zero-order valence-corrected chi connectivity index (χ0v) is 17.2. The zero-order chi connectivity index (χ0) is 21.1. The molecule has 28 heavy (non-hydrogen) atoms. The second-order valence-electron chi connectivity index (χ2n) is 9.10. The number of ether oxygens (including phenoxy) is 1. The molecule has 1 heterocycles. The molecule has 2 N–H and O–H groups in total. The van der Waals surface area contributed by atoms with Gasteiger partial charge in [-0.15, -0.1) is 0 Å². The smallest absolute Gasteiger partial charge is 0.408 e. The van der Waals surface area contributed by atoms with Crippen molar-refractivity contribution in [3.8, 4) is 0 Å². The molecule has 0 spiro atoms. The summed E-state index contributed by atoms with van der Waals surface area (Å²) in [6, 6.07) is -0.813. The van der Waals surface area contributed by atoms with Crippen LogP contribution in [0.3, 0.4) is 0 Å². The van der Waals surface area contributed by atoms with Gasteiger partial charge in [0, 0.05) is 6.54 Å². The summed E-state index contributed by atoms with van der Waals surface area (Å²) >= 11 is 0. The van der Waals surface area contributed by atoms with Crippen LogP contribution in [0, 0.1) is 17.8 Å². The highest BCUT2D eigenvalue weighted by molar-refractivity contribution is 5.86. The molecular formula is C20H33FN2O5. The first-order valence-electron chi connectivity index (χ1n) is 10.1. The second-order valence-corrected chi connectivity index (χ2v) is 9.10. The van der Waals surface area contributed by atoms with Crippen LogP contribution in [0.1, 0.15) is 59.8 Å². The number of halogens is 1. The number of carbonyl (C=O) groups is 3. The lowest BCUT2D eigenvalue weighted by Gasteiger charge is -2.36. The number of carboxylic acid groups (broad SMARTS) is 1. The lowest BCUT2D eigenvalue weighted by atomic mass is 9.74. The minimum atomic E-state index is -1.03. The average molecular weight is 400 g/mol. The van der Waals surface area contributed by atoms with Gasteiger partial charge in [-0.1, -0.05) is 6.92 Å². The molecule has 7 nitrogen and oxygen atoms in total. The summed E-state index contributed by atoms with van der Waals surface area (Å²) in [5.41, 5.74) is -0.696. The first kappa shape index (κ1) is 22.4. The highest BCUT2D eigenvalue weighted by Crippen LogP contribution is 2.35. The van der Waals surface area contributed by atoms with Gasteiger partial charge in [-0.05, 0) is 64.7 Å². The van der Waals surface area contributed by atoms with Crippen molar-refractivity contribution in [3.63, 3.8) is 0 Å². The zero-order valence-electron chi connectivity index (χ0n) is 17.2. The van der Waals surface area contributed by atoms with E-state index in [0.29, 0.717) is 38.6 Å². The van der Waals surface area contributed by atoms with E-state index in [0.717, 1.165) is 0 Å². The molecule has 1 saturated carbocycles. The van der Waals surface area contributed by atoms with Crippen molar-refractivity contribution in [1.29, 1.82) is 0 Å². The maximum atomic E-state index is 13.6. The van der Waals surface area contributed by atoms with Crippen LogP contribution in [0.5, 0.6) is 0 Å². The summed E-state index contributed by atoms with van der Waals surface area (Å²) in [4.78, 5) is 38.0. The number of aliphatic carboxylic acids is 1. The number of amides is 2. The van der Waals surface area contributed by atoms with Crippen LogP contribution < -0.4 is 5.32 Å². The largest absolute Gasteiger partial charge is 0.481 e. The van der Waals surface area contributed by atoms with E-state index >= 15 is 0 Å². The lowest BCUT2D eigenvalue weighted by molar-refractivity contribution is -0.143. The van der Waals surface area contributed by atoms with Gasteiger partial charge in [0.15, 0.2) is 0 Å². The Morgan fingerprint density at radius 3 is 2.21 bits per heavy atom. The Morgan fingerprint density at radius 1 is 1.14 bits per heavy atom. The Morgan fingerprint density at radius 2 is 1.75 bits per heavy atom. The van der Waals surface area contributed by atoms with E-state index < -0.39 is 29.9 Å². The Kier molecular flexibility index (Phi) is 7.28. The molecular weight excluding hydrogens is 367 g/mol. The molecule has 0 radical (unpaired) electrons. The van der Waals surface area contributed by atoms with E-state index in [1.54, 1.807) is 20.8 Å². The van der Waals surface area contributed by atoms with E-state index in [2.05, 4.69) is 5.32 Å². The van der Waals surface area contributed by atoms with Crippen LogP contribution in [0.25, 0.3) is 0 Å². The number of carboxylic acids is 1. The fraction of sp³-hybridized carbons (Fsp3) is 0.850. The van der Waals surface area contributed by atoms with Crippen LogP contribution in [-0.4, -0.2) is 58.9 Å². The maximum absolute atomic E-state index is 13.6. The van der Waals surface area contributed by atoms with E-state index in [4.69, 9.17) is 4.74 Å². The molecule has 0 aromatic heterocycles. The standard InChI is InChI=1S/C20H33FN2O5/c1-12(13-5-7-14(8-6-13)18(25)26)16(22-19(27)28-20(2,3)4)17(24)23-10-9-15(21)11-23/h12-16H,5-11H2,1-4H3,(H,22,27)(H,25,26). The number of alkyl halides is 1. The molecule has 3 atom stereocenters. The SMILES string of the molecule is CC(C1CCC(C(=O)O)CC1)C(NC(=O)OC(C)(C)C)C(=O)N1CCC(F)C1. The summed E-state index contributed by atoms with van der Waals surface area (Å²) in [5, 5.41) is 11.9. The number of alkyl carbamates (subject to hydrolysis) is 1. The summed E-state index contributed by atoms with van der Waals surface area (Å²) in [7, 11) is 0. The molecule has 0 aromatic carbocycles. The van der Waals surface area contributed by atoms with Gasteiger partial charge in [0.1, 0.15) is 17.8 Å². The fourth-order valence-electron chi connectivity index (χ4n) is 4.13. The number of nitrogens with one attached hydrogen (secondary N) is 1. The number of nitrogens with zero attached hydrogens (tertiary/aromatic N) is 1. The molecule has 2 rings (SSSR count). The van der Waals surface area contributed by atoms with Crippen LogP contribution in [-0.2, 0) is 14.3 Å². The van der Waals surface area contributed by atoms with Crippen molar-refractivity contribution in [2.75, 3.05) is 13.1 Å². The van der Waals surface area contributed by atoms with Gasteiger partial charge in [0.25, 0.3) is 0 Å². The number of hydrogen-bond acceptors (Lipinski definition) is 4. The van der Waals surface area contributed by atoms with Crippen molar-refractivity contribution in [1.82, 2.24) is 10.2 Å². The topological polar surface area (TPSA) is 95.9 Å². The molecule has 3 unspecified atom stereocenters. The van der Waals surface area contributed by atoms with E-state index in [9.17, 15) is 23.9 Å². The van der Waals surface area contributed by atoms with Crippen LogP contribution in [0.2, 0.25) is 0 Å². The number of carbonyl (C=O) groups excluding carboxylic acids is 2. The van der Waals surface area contributed by atoms with Gasteiger partial charge in [0.2, 0.25) is 5.91 Å².